The third-order valence-corrected chi connectivity index (χ3v) is 9.40. The van der Waals surface area contributed by atoms with Gasteiger partial charge in [-0.25, -0.2) is 4.98 Å². The quantitative estimate of drug-likeness (QED) is 0.156. The number of pyridine rings is 2. The van der Waals surface area contributed by atoms with E-state index >= 15 is 0 Å². The summed E-state index contributed by atoms with van der Waals surface area (Å²) in [5.41, 5.74) is 12.0. The van der Waals surface area contributed by atoms with Crippen molar-refractivity contribution in [3.8, 4) is 39.6 Å². The summed E-state index contributed by atoms with van der Waals surface area (Å²) in [5.74, 6) is 1.86. The van der Waals surface area contributed by atoms with Crippen molar-refractivity contribution >= 4 is 33.0 Å². The molecular formula is C47H38IrN4O-2. The van der Waals surface area contributed by atoms with E-state index in [2.05, 4.69) is 133 Å². The van der Waals surface area contributed by atoms with E-state index in [0.717, 1.165) is 72.6 Å². The van der Waals surface area contributed by atoms with Crippen molar-refractivity contribution in [1.29, 1.82) is 0 Å². The maximum absolute atomic E-state index is 6.54. The van der Waals surface area contributed by atoms with Crippen LogP contribution in [0.25, 0.3) is 72.6 Å². The van der Waals surface area contributed by atoms with E-state index in [4.69, 9.17) is 9.40 Å². The van der Waals surface area contributed by atoms with E-state index in [0.29, 0.717) is 11.8 Å². The topological polar surface area (TPSA) is 56.7 Å². The van der Waals surface area contributed by atoms with Crippen LogP contribution in [-0.2, 0) is 20.1 Å². The summed E-state index contributed by atoms with van der Waals surface area (Å²) >= 11 is 0. The van der Waals surface area contributed by atoms with Crippen LogP contribution in [-0.4, -0.2) is 19.5 Å². The number of benzene rings is 5. The van der Waals surface area contributed by atoms with Crippen molar-refractivity contribution in [2.24, 2.45) is 0 Å². The summed E-state index contributed by atoms with van der Waals surface area (Å²) in [4.78, 5) is 14.1. The fourth-order valence-corrected chi connectivity index (χ4v) is 6.57. The van der Waals surface area contributed by atoms with Crippen LogP contribution in [0.2, 0.25) is 0 Å². The maximum Gasteiger partial charge on any atom is 0.145 e. The Labute approximate surface area is 323 Å². The summed E-state index contributed by atoms with van der Waals surface area (Å²) in [6, 6.07) is 51.8. The number of fused-ring (bicyclic) bond motifs is 4. The van der Waals surface area contributed by atoms with Crippen molar-refractivity contribution in [3.05, 3.63) is 169 Å². The molecule has 0 N–H and O–H groups in total. The molecule has 9 rings (SSSR count). The largest absolute Gasteiger partial charge is 0.501 e. The number of aromatic nitrogens is 4. The van der Waals surface area contributed by atoms with E-state index in [1.165, 1.54) is 11.1 Å². The second kappa shape index (κ2) is 15.5. The van der Waals surface area contributed by atoms with Crippen molar-refractivity contribution in [1.82, 2.24) is 19.5 Å². The first-order chi connectivity index (χ1) is 25.4. The molecule has 0 aliphatic rings. The van der Waals surface area contributed by atoms with Crippen molar-refractivity contribution in [3.63, 3.8) is 0 Å². The summed E-state index contributed by atoms with van der Waals surface area (Å²) in [7, 11) is 0. The minimum absolute atomic E-state index is 0. The summed E-state index contributed by atoms with van der Waals surface area (Å²) in [6.45, 7) is 8.76. The number of rotatable bonds is 6. The molecule has 0 bridgehead atoms. The Balaban J connectivity index is 0.000000229. The van der Waals surface area contributed by atoms with Crippen LogP contribution < -0.4 is 0 Å². The molecule has 0 saturated heterocycles. The van der Waals surface area contributed by atoms with Gasteiger partial charge in [0.05, 0.1) is 16.6 Å². The Morgan fingerprint density at radius 2 is 1.28 bits per heavy atom. The standard InChI is InChI=1S/C33H24N3O.C14H14N.Ir/c1-21(2)23-16-17-34-28(18-23)26-15-9-14-25-27-19-29-30(20-31(27)37-32(25)26)36(24-12-7-4-8-13-24)33(35-29)22-10-5-3-6-11-22;1-11(2)13-8-9-15-14(10-13)12-6-4-3-5-7-12;/h3-14,16-21H,1-2H3;3-6,8-11H,1-2H3;/q2*-1;. The SMILES string of the molecule is CC(C)c1ccnc(-c2[c-]ccc3c2oc2cc4c(cc23)nc(-c2ccccc2)n4-c2ccccc2)c1.CC(C)c1ccnc(-c2[c-]cccc2)c1.[Ir]. The molecular weight excluding hydrogens is 829 g/mol. The molecule has 0 aliphatic heterocycles. The number of hydrogen-bond donors (Lipinski definition) is 0. The molecule has 53 heavy (non-hydrogen) atoms. The molecule has 5 aromatic carbocycles. The maximum atomic E-state index is 6.54. The molecule has 4 heterocycles. The Morgan fingerprint density at radius 3 is 1.96 bits per heavy atom. The van der Waals surface area contributed by atoms with Gasteiger partial charge in [0.1, 0.15) is 11.4 Å². The molecule has 0 atom stereocenters. The molecule has 0 aliphatic carbocycles. The monoisotopic (exact) mass is 867 g/mol. The van der Waals surface area contributed by atoms with Crippen LogP contribution >= 0.6 is 0 Å². The molecule has 4 aromatic heterocycles. The predicted octanol–water partition coefficient (Wildman–Crippen LogP) is 12.2. The molecule has 9 aromatic rings. The van der Waals surface area contributed by atoms with Gasteiger partial charge in [-0.2, -0.15) is 0 Å². The number of imidazole rings is 1. The van der Waals surface area contributed by atoms with E-state index in [-0.39, 0.29) is 20.1 Å². The molecule has 0 fully saturated rings. The Bertz CT molecular complexity index is 2630. The minimum Gasteiger partial charge on any atom is -0.501 e. The van der Waals surface area contributed by atoms with Gasteiger partial charge in [-0.15, -0.1) is 54.1 Å². The van der Waals surface area contributed by atoms with Crippen molar-refractivity contribution < 1.29 is 24.5 Å². The molecule has 0 saturated carbocycles. The smallest absolute Gasteiger partial charge is 0.145 e. The van der Waals surface area contributed by atoms with Crippen LogP contribution in [0.4, 0.5) is 0 Å². The van der Waals surface area contributed by atoms with E-state index < -0.39 is 0 Å². The van der Waals surface area contributed by atoms with E-state index in [1.807, 2.05) is 67.0 Å². The first-order valence-corrected chi connectivity index (χ1v) is 17.7. The average Bonchev–Trinajstić information content (AvgIpc) is 3.76. The second-order valence-electron chi connectivity index (χ2n) is 13.5. The zero-order valence-electron chi connectivity index (χ0n) is 30.0. The van der Waals surface area contributed by atoms with Crippen LogP contribution in [0, 0.1) is 12.1 Å². The fraction of sp³-hybridized carbons (Fsp3) is 0.128. The van der Waals surface area contributed by atoms with Gasteiger partial charge in [0, 0.05) is 55.2 Å². The van der Waals surface area contributed by atoms with Crippen LogP contribution in [0.1, 0.15) is 50.7 Å². The van der Waals surface area contributed by atoms with E-state index in [9.17, 15) is 0 Å². The first-order valence-electron chi connectivity index (χ1n) is 17.7. The third-order valence-electron chi connectivity index (χ3n) is 9.40. The molecule has 6 heteroatoms. The molecule has 1 radical (unpaired) electrons. The fourth-order valence-electron chi connectivity index (χ4n) is 6.57. The zero-order valence-corrected chi connectivity index (χ0v) is 32.4. The Hall–Kier alpha value is -5.68. The molecule has 5 nitrogen and oxygen atoms in total. The first kappa shape index (κ1) is 35.7. The Kier molecular flexibility index (Phi) is 10.4. The van der Waals surface area contributed by atoms with Crippen LogP contribution in [0.5, 0.6) is 0 Å². The van der Waals surface area contributed by atoms with Gasteiger partial charge < -0.3 is 14.4 Å². The summed E-state index contributed by atoms with van der Waals surface area (Å²) in [6.07, 6.45) is 3.73. The number of nitrogens with zero attached hydrogens (tertiary/aromatic N) is 4. The van der Waals surface area contributed by atoms with Gasteiger partial charge >= 0.3 is 0 Å². The zero-order chi connectivity index (χ0) is 35.6. The molecule has 0 spiro atoms. The number of furan rings is 1. The van der Waals surface area contributed by atoms with Gasteiger partial charge in [0.25, 0.3) is 0 Å². The molecule has 0 amide bonds. The second-order valence-corrected chi connectivity index (χ2v) is 13.5. The third kappa shape index (κ3) is 7.21. The normalized spacial score (nSPS) is 11.2. The molecule has 263 valence electrons. The van der Waals surface area contributed by atoms with Gasteiger partial charge in [0.2, 0.25) is 0 Å². The summed E-state index contributed by atoms with van der Waals surface area (Å²) in [5, 5.41) is 2.08. The van der Waals surface area contributed by atoms with E-state index in [1.54, 1.807) is 0 Å². The molecule has 0 unspecified atom stereocenters. The number of para-hydroxylation sites is 1. The van der Waals surface area contributed by atoms with Crippen LogP contribution in [0.15, 0.2) is 150 Å². The van der Waals surface area contributed by atoms with Gasteiger partial charge in [-0.05, 0) is 53.6 Å². The number of hydrogen-bond acceptors (Lipinski definition) is 4. The van der Waals surface area contributed by atoms with Crippen molar-refractivity contribution in [2.75, 3.05) is 0 Å². The minimum atomic E-state index is 0. The van der Waals surface area contributed by atoms with Gasteiger partial charge in [-0.1, -0.05) is 110 Å². The summed E-state index contributed by atoms with van der Waals surface area (Å²) < 4.78 is 8.75. The van der Waals surface area contributed by atoms with Gasteiger partial charge in [0.15, 0.2) is 0 Å². The van der Waals surface area contributed by atoms with Crippen LogP contribution in [0.3, 0.4) is 0 Å². The average molecular weight is 867 g/mol. The Morgan fingerprint density at radius 1 is 0.623 bits per heavy atom. The predicted molar refractivity (Wildman–Crippen MR) is 213 cm³/mol. The van der Waals surface area contributed by atoms with Gasteiger partial charge in [-0.3, -0.25) is 4.57 Å². The van der Waals surface area contributed by atoms with Crippen molar-refractivity contribution in [2.45, 2.75) is 39.5 Å².